The number of rotatable bonds is 6. The Kier molecular flexibility index (Phi) is 6.27. The number of carbonyl (C=O) groups is 2. The number of anilines is 2. The molecule has 3 amide bonds. The van der Waals surface area contributed by atoms with Crippen molar-refractivity contribution in [2.24, 2.45) is 0 Å². The van der Waals surface area contributed by atoms with Gasteiger partial charge in [0.15, 0.2) is 0 Å². The maximum absolute atomic E-state index is 12.5. The predicted molar refractivity (Wildman–Crippen MR) is 103 cm³/mol. The fourth-order valence-electron chi connectivity index (χ4n) is 2.88. The number of urea groups is 1. The van der Waals surface area contributed by atoms with Gasteiger partial charge in [0, 0.05) is 24.9 Å². The molecular weight excluding hydrogens is 346 g/mol. The summed E-state index contributed by atoms with van der Waals surface area (Å²) in [5, 5.41) is 8.32. The van der Waals surface area contributed by atoms with Gasteiger partial charge in [-0.1, -0.05) is 18.2 Å². The van der Waals surface area contributed by atoms with Crippen molar-refractivity contribution in [1.82, 2.24) is 5.32 Å². The van der Waals surface area contributed by atoms with Crippen molar-refractivity contribution in [3.63, 3.8) is 0 Å². The highest BCUT2D eigenvalue weighted by molar-refractivity contribution is 6.06. The molecule has 27 heavy (non-hydrogen) atoms. The predicted octanol–water partition coefficient (Wildman–Crippen LogP) is 3.25. The largest absolute Gasteiger partial charge is 0.497 e. The van der Waals surface area contributed by atoms with Gasteiger partial charge in [-0.3, -0.25) is 4.79 Å². The fourth-order valence-corrected chi connectivity index (χ4v) is 2.88. The first-order chi connectivity index (χ1) is 13.2. The average molecular weight is 369 g/mol. The van der Waals surface area contributed by atoms with Crippen LogP contribution in [0.25, 0.3) is 0 Å². The highest BCUT2D eigenvalue weighted by Crippen LogP contribution is 2.19. The summed E-state index contributed by atoms with van der Waals surface area (Å²) >= 11 is 0. The molecule has 0 bridgehead atoms. The maximum Gasteiger partial charge on any atom is 0.323 e. The first-order valence-electron chi connectivity index (χ1n) is 8.86. The Morgan fingerprint density at radius 3 is 2.78 bits per heavy atom. The molecular formula is C20H23N3O4. The van der Waals surface area contributed by atoms with Crippen molar-refractivity contribution >= 4 is 23.3 Å². The first kappa shape index (κ1) is 18.7. The molecule has 142 valence electrons. The van der Waals surface area contributed by atoms with E-state index in [0.717, 1.165) is 19.4 Å². The number of ether oxygens (including phenoxy) is 2. The summed E-state index contributed by atoms with van der Waals surface area (Å²) in [4.78, 5) is 24.8. The Morgan fingerprint density at radius 1 is 1.15 bits per heavy atom. The number of benzene rings is 2. The van der Waals surface area contributed by atoms with E-state index < -0.39 is 6.03 Å². The van der Waals surface area contributed by atoms with E-state index in [1.54, 1.807) is 55.6 Å². The minimum atomic E-state index is -0.442. The molecule has 1 aliphatic heterocycles. The van der Waals surface area contributed by atoms with Crippen molar-refractivity contribution in [3.05, 3.63) is 54.1 Å². The zero-order valence-electron chi connectivity index (χ0n) is 15.2. The standard InChI is InChI=1S/C20H23N3O4/c1-26-15-7-4-6-14(12-15)22-20(25)23-18-10-3-2-9-17(18)19(24)21-13-16-8-5-11-27-16/h2-4,6-7,9-10,12,16H,5,8,11,13H2,1H3,(H,21,24)(H2,22,23,25). The number of nitrogens with one attached hydrogen (secondary N) is 3. The maximum atomic E-state index is 12.5. The summed E-state index contributed by atoms with van der Waals surface area (Å²) in [5.74, 6) is 0.393. The molecule has 3 N–H and O–H groups in total. The third-order valence-corrected chi connectivity index (χ3v) is 4.26. The van der Waals surface area contributed by atoms with Gasteiger partial charge < -0.3 is 25.4 Å². The summed E-state index contributed by atoms with van der Waals surface area (Å²) in [6.07, 6.45) is 2.03. The van der Waals surface area contributed by atoms with Crippen LogP contribution in [0.1, 0.15) is 23.2 Å². The van der Waals surface area contributed by atoms with Gasteiger partial charge in [0.05, 0.1) is 24.5 Å². The number of methoxy groups -OCH3 is 1. The molecule has 7 nitrogen and oxygen atoms in total. The molecule has 1 saturated heterocycles. The fraction of sp³-hybridized carbons (Fsp3) is 0.300. The Bertz CT molecular complexity index is 803. The van der Waals surface area contributed by atoms with Gasteiger partial charge in [0.2, 0.25) is 0 Å². The van der Waals surface area contributed by atoms with Gasteiger partial charge in [0.1, 0.15) is 5.75 Å². The van der Waals surface area contributed by atoms with E-state index in [4.69, 9.17) is 9.47 Å². The van der Waals surface area contributed by atoms with Gasteiger partial charge in [-0.2, -0.15) is 0 Å². The summed E-state index contributed by atoms with van der Waals surface area (Å²) in [6, 6.07) is 13.5. The van der Waals surface area contributed by atoms with E-state index in [1.807, 2.05) is 0 Å². The van der Waals surface area contributed by atoms with Gasteiger partial charge >= 0.3 is 6.03 Å². The van der Waals surface area contributed by atoms with Crippen LogP contribution in [-0.2, 0) is 4.74 Å². The molecule has 2 aromatic carbocycles. The SMILES string of the molecule is COc1cccc(NC(=O)Nc2ccccc2C(=O)NCC2CCCO2)c1. The topological polar surface area (TPSA) is 88.7 Å². The van der Waals surface area contributed by atoms with Crippen molar-refractivity contribution in [2.75, 3.05) is 30.9 Å². The van der Waals surface area contributed by atoms with Crippen LogP contribution < -0.4 is 20.7 Å². The van der Waals surface area contributed by atoms with Crippen LogP contribution in [0.3, 0.4) is 0 Å². The summed E-state index contributed by atoms with van der Waals surface area (Å²) < 4.78 is 10.7. The molecule has 1 atom stereocenters. The first-order valence-corrected chi connectivity index (χ1v) is 8.86. The summed E-state index contributed by atoms with van der Waals surface area (Å²) in [7, 11) is 1.56. The number of amides is 3. The molecule has 1 unspecified atom stereocenters. The quantitative estimate of drug-likeness (QED) is 0.729. The zero-order valence-corrected chi connectivity index (χ0v) is 15.2. The van der Waals surface area contributed by atoms with E-state index >= 15 is 0 Å². The van der Waals surface area contributed by atoms with Crippen molar-refractivity contribution < 1.29 is 19.1 Å². The molecule has 1 fully saturated rings. The van der Waals surface area contributed by atoms with Crippen LogP contribution >= 0.6 is 0 Å². The number of hydrogen-bond donors (Lipinski definition) is 3. The van der Waals surface area contributed by atoms with E-state index in [0.29, 0.717) is 29.2 Å². The van der Waals surface area contributed by atoms with Crippen LogP contribution in [0.2, 0.25) is 0 Å². The molecule has 0 saturated carbocycles. The lowest BCUT2D eigenvalue weighted by atomic mass is 10.1. The van der Waals surface area contributed by atoms with E-state index in [2.05, 4.69) is 16.0 Å². The number of para-hydroxylation sites is 1. The lowest BCUT2D eigenvalue weighted by molar-refractivity contribution is 0.0858. The van der Waals surface area contributed by atoms with E-state index in [9.17, 15) is 9.59 Å². The Morgan fingerprint density at radius 2 is 2.00 bits per heavy atom. The molecule has 0 radical (unpaired) electrons. The smallest absolute Gasteiger partial charge is 0.323 e. The molecule has 1 heterocycles. The second kappa shape index (κ2) is 9.05. The lowest BCUT2D eigenvalue weighted by Crippen LogP contribution is -2.32. The second-order valence-corrected chi connectivity index (χ2v) is 6.20. The molecule has 2 aromatic rings. The monoisotopic (exact) mass is 369 g/mol. The van der Waals surface area contributed by atoms with Crippen LogP contribution in [0.15, 0.2) is 48.5 Å². The molecule has 1 aliphatic rings. The van der Waals surface area contributed by atoms with Gasteiger partial charge in [-0.25, -0.2) is 4.79 Å². The molecule has 3 rings (SSSR count). The van der Waals surface area contributed by atoms with Crippen molar-refractivity contribution in [1.29, 1.82) is 0 Å². The van der Waals surface area contributed by atoms with E-state index in [1.165, 1.54) is 0 Å². The summed E-state index contributed by atoms with van der Waals surface area (Å²) in [6.45, 7) is 1.20. The highest BCUT2D eigenvalue weighted by atomic mass is 16.5. The van der Waals surface area contributed by atoms with Crippen molar-refractivity contribution in [2.45, 2.75) is 18.9 Å². The summed E-state index contributed by atoms with van der Waals surface area (Å²) in [5.41, 5.74) is 1.42. The second-order valence-electron chi connectivity index (χ2n) is 6.20. The highest BCUT2D eigenvalue weighted by Gasteiger charge is 2.18. The molecule has 0 aliphatic carbocycles. The molecule has 0 spiro atoms. The Balaban J connectivity index is 1.62. The third kappa shape index (κ3) is 5.21. The van der Waals surface area contributed by atoms with Crippen LogP contribution in [0.4, 0.5) is 16.2 Å². The molecule has 7 heteroatoms. The van der Waals surface area contributed by atoms with Crippen molar-refractivity contribution in [3.8, 4) is 5.75 Å². The van der Waals surface area contributed by atoms with Crippen LogP contribution in [-0.4, -0.2) is 38.3 Å². The zero-order chi connectivity index (χ0) is 19.1. The van der Waals surface area contributed by atoms with Crippen LogP contribution in [0, 0.1) is 0 Å². The Labute approximate surface area is 158 Å². The third-order valence-electron chi connectivity index (χ3n) is 4.26. The number of carbonyl (C=O) groups excluding carboxylic acids is 2. The average Bonchev–Trinajstić information content (AvgIpc) is 3.20. The lowest BCUT2D eigenvalue weighted by Gasteiger charge is -2.14. The minimum Gasteiger partial charge on any atom is -0.497 e. The van der Waals surface area contributed by atoms with Crippen LogP contribution in [0.5, 0.6) is 5.75 Å². The van der Waals surface area contributed by atoms with Gasteiger partial charge in [-0.15, -0.1) is 0 Å². The normalized spacial score (nSPS) is 15.8. The van der Waals surface area contributed by atoms with Gasteiger partial charge in [0.25, 0.3) is 5.91 Å². The van der Waals surface area contributed by atoms with Gasteiger partial charge in [-0.05, 0) is 37.1 Å². The minimum absolute atomic E-state index is 0.0606. The molecule has 0 aromatic heterocycles. The Hall–Kier alpha value is -3.06. The number of hydrogen-bond acceptors (Lipinski definition) is 4. The van der Waals surface area contributed by atoms with E-state index in [-0.39, 0.29) is 12.0 Å².